The second-order valence-electron chi connectivity index (χ2n) is 4.48. The molecule has 1 aliphatic rings. The number of aromatic carboxylic acids is 1. The number of aromatic nitrogens is 1. The van der Waals surface area contributed by atoms with Crippen molar-refractivity contribution < 1.29 is 19.5 Å². The van der Waals surface area contributed by atoms with Gasteiger partial charge in [0, 0.05) is 11.6 Å². The number of aliphatic hydroxyl groups excluding tert-OH is 1. The predicted molar refractivity (Wildman–Crippen MR) is 58.6 cm³/mol. The summed E-state index contributed by atoms with van der Waals surface area (Å²) in [5, 5.41) is 24.7. The van der Waals surface area contributed by atoms with Crippen molar-refractivity contribution in [1.82, 2.24) is 10.5 Å². The van der Waals surface area contributed by atoms with Crippen molar-refractivity contribution in [2.24, 2.45) is 0 Å². The SMILES string of the molecule is O=C(O)c1cc(CNC2(CO)CCCC2)on1. The van der Waals surface area contributed by atoms with E-state index in [1.807, 2.05) is 0 Å². The fourth-order valence-electron chi connectivity index (χ4n) is 2.21. The van der Waals surface area contributed by atoms with E-state index < -0.39 is 5.97 Å². The van der Waals surface area contributed by atoms with Crippen molar-refractivity contribution >= 4 is 5.97 Å². The Morgan fingerprint density at radius 1 is 1.53 bits per heavy atom. The number of rotatable bonds is 5. The number of hydrogen-bond acceptors (Lipinski definition) is 5. The van der Waals surface area contributed by atoms with Gasteiger partial charge < -0.3 is 20.1 Å². The fraction of sp³-hybridized carbons (Fsp3) is 0.636. The van der Waals surface area contributed by atoms with Gasteiger partial charge in [-0.15, -0.1) is 0 Å². The van der Waals surface area contributed by atoms with Gasteiger partial charge >= 0.3 is 5.97 Å². The summed E-state index contributed by atoms with van der Waals surface area (Å²) in [4.78, 5) is 10.6. The highest BCUT2D eigenvalue weighted by Crippen LogP contribution is 2.29. The second-order valence-corrected chi connectivity index (χ2v) is 4.48. The van der Waals surface area contributed by atoms with Crippen LogP contribution in [0.15, 0.2) is 10.6 Å². The van der Waals surface area contributed by atoms with E-state index >= 15 is 0 Å². The molecule has 0 aliphatic heterocycles. The third-order valence-electron chi connectivity index (χ3n) is 3.28. The smallest absolute Gasteiger partial charge is 0.358 e. The third-order valence-corrected chi connectivity index (χ3v) is 3.28. The van der Waals surface area contributed by atoms with Crippen LogP contribution in [0.4, 0.5) is 0 Å². The van der Waals surface area contributed by atoms with Crippen molar-refractivity contribution in [3.05, 3.63) is 17.5 Å². The van der Waals surface area contributed by atoms with Crippen molar-refractivity contribution in [2.45, 2.75) is 37.8 Å². The summed E-state index contributed by atoms with van der Waals surface area (Å²) in [7, 11) is 0. The van der Waals surface area contributed by atoms with Crippen molar-refractivity contribution in [2.75, 3.05) is 6.61 Å². The molecule has 1 saturated carbocycles. The average molecular weight is 240 g/mol. The highest BCUT2D eigenvalue weighted by Gasteiger charge is 2.32. The molecule has 0 bridgehead atoms. The molecule has 1 aromatic rings. The monoisotopic (exact) mass is 240 g/mol. The molecule has 17 heavy (non-hydrogen) atoms. The lowest BCUT2D eigenvalue weighted by Gasteiger charge is -2.27. The molecule has 1 heterocycles. The molecule has 0 aromatic carbocycles. The third kappa shape index (κ3) is 2.65. The Morgan fingerprint density at radius 3 is 2.76 bits per heavy atom. The number of hydrogen-bond donors (Lipinski definition) is 3. The summed E-state index contributed by atoms with van der Waals surface area (Å²) in [6, 6.07) is 1.40. The summed E-state index contributed by atoms with van der Waals surface area (Å²) in [5.74, 6) is -0.625. The molecule has 0 unspecified atom stereocenters. The first kappa shape index (κ1) is 12.1. The minimum atomic E-state index is -1.10. The molecule has 0 saturated heterocycles. The van der Waals surface area contributed by atoms with Gasteiger partial charge in [-0.2, -0.15) is 0 Å². The molecule has 0 radical (unpaired) electrons. The predicted octanol–water partition coefficient (Wildman–Crippen LogP) is 0.767. The van der Waals surface area contributed by atoms with E-state index in [-0.39, 0.29) is 17.8 Å². The summed E-state index contributed by atoms with van der Waals surface area (Å²) in [5.41, 5.74) is -0.331. The van der Waals surface area contributed by atoms with E-state index in [9.17, 15) is 9.90 Å². The molecule has 1 aromatic heterocycles. The Bertz CT molecular complexity index is 396. The van der Waals surface area contributed by atoms with E-state index in [0.717, 1.165) is 25.7 Å². The zero-order valence-electron chi connectivity index (χ0n) is 9.48. The van der Waals surface area contributed by atoms with Crippen LogP contribution in [-0.4, -0.2) is 33.5 Å². The van der Waals surface area contributed by atoms with Crippen LogP contribution in [-0.2, 0) is 6.54 Å². The maximum absolute atomic E-state index is 10.6. The molecule has 0 spiro atoms. The number of carboxylic acid groups (broad SMARTS) is 1. The maximum atomic E-state index is 10.6. The lowest BCUT2D eigenvalue weighted by atomic mass is 9.99. The Morgan fingerprint density at radius 2 is 2.24 bits per heavy atom. The molecule has 0 amide bonds. The van der Waals surface area contributed by atoms with Crippen LogP contribution in [0.25, 0.3) is 0 Å². The standard InChI is InChI=1S/C11H16N2O4/c14-7-11(3-1-2-4-11)12-6-8-5-9(10(15)16)13-17-8/h5,12,14H,1-4,6-7H2,(H,15,16). The van der Waals surface area contributed by atoms with Gasteiger partial charge in [0.1, 0.15) is 0 Å². The highest BCUT2D eigenvalue weighted by atomic mass is 16.5. The van der Waals surface area contributed by atoms with E-state index in [0.29, 0.717) is 12.3 Å². The maximum Gasteiger partial charge on any atom is 0.358 e. The normalized spacial score (nSPS) is 18.4. The quantitative estimate of drug-likeness (QED) is 0.703. The van der Waals surface area contributed by atoms with Gasteiger partial charge in [0.05, 0.1) is 13.2 Å². The minimum Gasteiger partial charge on any atom is -0.476 e. The first-order valence-electron chi connectivity index (χ1n) is 5.70. The van der Waals surface area contributed by atoms with E-state index in [1.54, 1.807) is 0 Å². The van der Waals surface area contributed by atoms with Crippen LogP contribution < -0.4 is 5.32 Å². The molecule has 1 aliphatic carbocycles. The van der Waals surface area contributed by atoms with Gasteiger partial charge in [0.25, 0.3) is 0 Å². The lowest BCUT2D eigenvalue weighted by Crippen LogP contribution is -2.45. The van der Waals surface area contributed by atoms with Crippen molar-refractivity contribution in [3.63, 3.8) is 0 Å². The molecular formula is C11H16N2O4. The van der Waals surface area contributed by atoms with Crippen molar-refractivity contribution in [1.29, 1.82) is 0 Å². The van der Waals surface area contributed by atoms with Gasteiger partial charge in [-0.3, -0.25) is 0 Å². The van der Waals surface area contributed by atoms with E-state index in [2.05, 4.69) is 10.5 Å². The van der Waals surface area contributed by atoms with Crippen LogP contribution in [0.2, 0.25) is 0 Å². The summed E-state index contributed by atoms with van der Waals surface area (Å²) in [6.45, 7) is 0.480. The van der Waals surface area contributed by atoms with Crippen LogP contribution in [0.1, 0.15) is 41.9 Å². The number of carboxylic acids is 1. The zero-order chi connectivity index (χ0) is 12.3. The van der Waals surface area contributed by atoms with Crippen LogP contribution >= 0.6 is 0 Å². The Balaban J connectivity index is 1.94. The van der Waals surface area contributed by atoms with Gasteiger partial charge in [-0.05, 0) is 12.8 Å². The van der Waals surface area contributed by atoms with Crippen LogP contribution in [0.3, 0.4) is 0 Å². The molecule has 6 nitrogen and oxygen atoms in total. The Kier molecular flexibility index (Phi) is 3.44. The topological polar surface area (TPSA) is 95.6 Å². The van der Waals surface area contributed by atoms with Gasteiger partial charge in [-0.1, -0.05) is 18.0 Å². The van der Waals surface area contributed by atoms with Gasteiger partial charge in [0.2, 0.25) is 0 Å². The van der Waals surface area contributed by atoms with E-state index in [1.165, 1.54) is 6.07 Å². The average Bonchev–Trinajstić information content (AvgIpc) is 2.96. The molecule has 1 fully saturated rings. The molecule has 2 rings (SSSR count). The molecule has 0 atom stereocenters. The Hall–Kier alpha value is -1.40. The molecule has 3 N–H and O–H groups in total. The molecular weight excluding hydrogens is 224 g/mol. The highest BCUT2D eigenvalue weighted by molar-refractivity contribution is 5.85. The van der Waals surface area contributed by atoms with Gasteiger partial charge in [-0.25, -0.2) is 4.79 Å². The number of carbonyl (C=O) groups is 1. The van der Waals surface area contributed by atoms with Crippen LogP contribution in [0.5, 0.6) is 0 Å². The van der Waals surface area contributed by atoms with E-state index in [4.69, 9.17) is 9.63 Å². The summed E-state index contributed by atoms with van der Waals surface area (Å²) in [6.07, 6.45) is 4.07. The number of nitrogens with one attached hydrogen (secondary N) is 1. The zero-order valence-corrected chi connectivity index (χ0v) is 9.48. The lowest BCUT2D eigenvalue weighted by molar-refractivity contribution is 0.0685. The first-order chi connectivity index (χ1) is 8.15. The second kappa shape index (κ2) is 4.85. The van der Waals surface area contributed by atoms with Crippen molar-refractivity contribution in [3.8, 4) is 0 Å². The van der Waals surface area contributed by atoms with Crippen LogP contribution in [0, 0.1) is 0 Å². The fourth-order valence-corrected chi connectivity index (χ4v) is 2.21. The molecule has 6 heteroatoms. The Labute approximate surface area is 98.6 Å². The number of aliphatic hydroxyl groups is 1. The largest absolute Gasteiger partial charge is 0.476 e. The summed E-state index contributed by atoms with van der Waals surface area (Å²) >= 11 is 0. The molecule has 94 valence electrons. The minimum absolute atomic E-state index is 0.0902. The van der Waals surface area contributed by atoms with Gasteiger partial charge in [0.15, 0.2) is 11.5 Å². The summed E-state index contributed by atoms with van der Waals surface area (Å²) < 4.78 is 4.90. The number of nitrogens with zero attached hydrogens (tertiary/aromatic N) is 1. The first-order valence-corrected chi connectivity index (χ1v) is 5.70.